The Morgan fingerprint density at radius 3 is 1.85 bits per heavy atom. The van der Waals surface area contributed by atoms with Gasteiger partial charge in [-0.1, -0.05) is 39.4 Å². The van der Waals surface area contributed by atoms with Crippen LogP contribution in [-0.2, 0) is 0 Å². The van der Waals surface area contributed by atoms with Crippen LogP contribution in [0.1, 0.15) is 26.7 Å². The quantitative estimate of drug-likeness (QED) is 0.616. The minimum atomic E-state index is -0.975. The minimum absolute atomic E-state index is 0.742. The Morgan fingerprint density at radius 2 is 1.62 bits per heavy atom. The molecule has 0 aromatic heterocycles. The van der Waals surface area contributed by atoms with Gasteiger partial charge < -0.3 is 4.90 Å². The van der Waals surface area contributed by atoms with E-state index < -0.39 is 8.07 Å². The van der Waals surface area contributed by atoms with Crippen LogP contribution >= 0.6 is 0 Å². The zero-order valence-corrected chi connectivity index (χ0v) is 11.5. The van der Waals surface area contributed by atoms with E-state index in [0.29, 0.717) is 0 Å². The molecule has 0 aromatic rings. The normalized spacial score (nSPS) is 17.5. The molecule has 0 fully saturated rings. The summed E-state index contributed by atoms with van der Waals surface area (Å²) in [4.78, 5) is 2.37. The summed E-state index contributed by atoms with van der Waals surface area (Å²) in [5.74, 6) is 0. The van der Waals surface area contributed by atoms with E-state index in [1.165, 1.54) is 12.8 Å². The minimum Gasteiger partial charge on any atom is -0.307 e. The average molecular weight is 201 g/mol. The van der Waals surface area contributed by atoms with Crippen LogP contribution in [0.3, 0.4) is 0 Å². The Hall–Kier alpha value is 0.177. The van der Waals surface area contributed by atoms with Gasteiger partial charge in [-0.05, 0) is 26.6 Å². The Bertz CT molecular complexity index is 138. The fourth-order valence-electron chi connectivity index (χ4n) is 2.07. The van der Waals surface area contributed by atoms with E-state index in [-0.39, 0.29) is 0 Å². The Kier molecular flexibility index (Phi) is 5.23. The average Bonchev–Trinajstić information content (AvgIpc) is 1.96. The first-order valence-electron chi connectivity index (χ1n) is 5.47. The Balaban J connectivity index is 4.41. The molecule has 0 rings (SSSR count). The molecule has 0 aromatic carbocycles. The summed E-state index contributed by atoms with van der Waals surface area (Å²) in [5.41, 5.74) is 0.937. The lowest BCUT2D eigenvalue weighted by Gasteiger charge is -2.37. The molecule has 0 N–H and O–H groups in total. The second-order valence-electron chi connectivity index (χ2n) is 5.47. The van der Waals surface area contributed by atoms with Crippen molar-refractivity contribution in [3.63, 3.8) is 0 Å². The molecule has 0 aliphatic heterocycles. The zero-order chi connectivity index (χ0) is 10.6. The molecule has 0 amide bonds. The Morgan fingerprint density at radius 1 is 1.15 bits per heavy atom. The molecular formula is C11H27NSi. The van der Waals surface area contributed by atoms with Crippen LogP contribution in [0.5, 0.6) is 0 Å². The highest BCUT2D eigenvalue weighted by atomic mass is 28.3. The van der Waals surface area contributed by atoms with Crippen molar-refractivity contribution in [1.82, 2.24) is 4.90 Å². The predicted molar refractivity (Wildman–Crippen MR) is 65.2 cm³/mol. The zero-order valence-electron chi connectivity index (χ0n) is 10.5. The molecule has 0 spiro atoms. The van der Waals surface area contributed by atoms with Crippen LogP contribution in [0.25, 0.3) is 0 Å². The van der Waals surface area contributed by atoms with Crippen LogP contribution in [0.2, 0.25) is 25.2 Å². The highest BCUT2D eigenvalue weighted by molar-refractivity contribution is 6.77. The molecular weight excluding hydrogens is 174 g/mol. The predicted octanol–water partition coefficient (Wildman–Crippen LogP) is 3.45. The highest BCUT2D eigenvalue weighted by Gasteiger charge is 2.31. The van der Waals surface area contributed by atoms with Gasteiger partial charge in [-0.15, -0.1) is 0 Å². The van der Waals surface area contributed by atoms with Gasteiger partial charge in [0.2, 0.25) is 0 Å². The highest BCUT2D eigenvalue weighted by Crippen LogP contribution is 2.32. The Labute approximate surface area is 85.5 Å². The van der Waals surface area contributed by atoms with Crippen LogP contribution in [0, 0.1) is 0 Å². The summed E-state index contributed by atoms with van der Waals surface area (Å²) in [6, 6.07) is 0.742. The monoisotopic (exact) mass is 201 g/mol. The van der Waals surface area contributed by atoms with Crippen molar-refractivity contribution >= 4 is 8.07 Å². The van der Waals surface area contributed by atoms with Crippen molar-refractivity contribution in [3.05, 3.63) is 0 Å². The first-order chi connectivity index (χ1) is 5.80. The third-order valence-corrected chi connectivity index (χ3v) is 6.10. The lowest BCUT2D eigenvalue weighted by Crippen LogP contribution is -2.41. The molecule has 0 saturated carbocycles. The van der Waals surface area contributed by atoms with Gasteiger partial charge in [-0.3, -0.25) is 0 Å². The molecule has 2 atom stereocenters. The van der Waals surface area contributed by atoms with E-state index in [2.05, 4.69) is 52.5 Å². The summed E-state index contributed by atoms with van der Waals surface area (Å²) in [6.07, 6.45) is 2.72. The fourth-order valence-corrected chi connectivity index (χ4v) is 4.97. The maximum Gasteiger partial charge on any atom is 0.0490 e. The van der Waals surface area contributed by atoms with Gasteiger partial charge in [0.1, 0.15) is 0 Å². The number of nitrogens with zero attached hydrogens (tertiary/aromatic N) is 1. The van der Waals surface area contributed by atoms with Crippen LogP contribution < -0.4 is 0 Å². The summed E-state index contributed by atoms with van der Waals surface area (Å²) in [6.45, 7) is 12.2. The topological polar surface area (TPSA) is 3.24 Å². The summed E-state index contributed by atoms with van der Waals surface area (Å²) >= 11 is 0. The lowest BCUT2D eigenvalue weighted by molar-refractivity contribution is 0.289. The maximum atomic E-state index is 2.49. The molecule has 80 valence electrons. The molecule has 13 heavy (non-hydrogen) atoms. The maximum absolute atomic E-state index is 2.49. The second-order valence-corrected chi connectivity index (χ2v) is 10.9. The van der Waals surface area contributed by atoms with Crippen LogP contribution in [0.4, 0.5) is 0 Å². The van der Waals surface area contributed by atoms with E-state index in [1.54, 1.807) is 0 Å². The fraction of sp³-hybridized carbons (Fsp3) is 1.00. The van der Waals surface area contributed by atoms with Crippen molar-refractivity contribution in [2.75, 3.05) is 14.1 Å². The third kappa shape index (κ3) is 4.27. The third-order valence-electron chi connectivity index (χ3n) is 3.11. The molecule has 0 aliphatic carbocycles. The number of hydrogen-bond donors (Lipinski definition) is 0. The van der Waals surface area contributed by atoms with Gasteiger partial charge in [-0.2, -0.15) is 0 Å². The number of hydrogen-bond acceptors (Lipinski definition) is 1. The SMILES string of the molecule is CCCC([C@H](C)N(C)C)[Si](C)(C)C. The molecule has 1 nitrogen and oxygen atoms in total. The van der Waals surface area contributed by atoms with Crippen LogP contribution in [-0.4, -0.2) is 33.1 Å². The van der Waals surface area contributed by atoms with Gasteiger partial charge in [0.25, 0.3) is 0 Å². The van der Waals surface area contributed by atoms with Crippen molar-refractivity contribution in [3.8, 4) is 0 Å². The molecule has 2 heteroatoms. The molecule has 1 unspecified atom stereocenters. The van der Waals surface area contributed by atoms with Gasteiger partial charge in [0.05, 0.1) is 0 Å². The summed E-state index contributed by atoms with van der Waals surface area (Å²) < 4.78 is 0. The van der Waals surface area contributed by atoms with Gasteiger partial charge in [-0.25, -0.2) is 0 Å². The van der Waals surface area contributed by atoms with Crippen molar-refractivity contribution in [1.29, 1.82) is 0 Å². The first-order valence-corrected chi connectivity index (χ1v) is 9.04. The molecule has 0 heterocycles. The molecule has 0 bridgehead atoms. The standard InChI is InChI=1S/C11H27NSi/c1-8-9-11(13(5,6)7)10(2)12(3)4/h10-11H,8-9H2,1-7H3/t10-,11?/m0/s1. The summed E-state index contributed by atoms with van der Waals surface area (Å²) in [7, 11) is 3.43. The summed E-state index contributed by atoms with van der Waals surface area (Å²) in [5, 5.41) is 0. The van der Waals surface area contributed by atoms with Crippen molar-refractivity contribution < 1.29 is 0 Å². The van der Waals surface area contributed by atoms with Crippen LogP contribution in [0.15, 0.2) is 0 Å². The van der Waals surface area contributed by atoms with E-state index in [0.717, 1.165) is 11.6 Å². The first kappa shape index (κ1) is 13.2. The van der Waals surface area contributed by atoms with Crippen molar-refractivity contribution in [2.24, 2.45) is 0 Å². The van der Waals surface area contributed by atoms with Gasteiger partial charge in [0, 0.05) is 14.1 Å². The molecule has 0 saturated heterocycles. The lowest BCUT2D eigenvalue weighted by atomic mass is 10.1. The van der Waals surface area contributed by atoms with E-state index >= 15 is 0 Å². The van der Waals surface area contributed by atoms with Gasteiger partial charge in [0.15, 0.2) is 0 Å². The van der Waals surface area contributed by atoms with E-state index in [4.69, 9.17) is 0 Å². The van der Waals surface area contributed by atoms with E-state index in [1.807, 2.05) is 0 Å². The van der Waals surface area contributed by atoms with Gasteiger partial charge >= 0.3 is 0 Å². The second kappa shape index (κ2) is 5.16. The molecule has 0 aliphatic rings. The largest absolute Gasteiger partial charge is 0.307 e. The molecule has 0 radical (unpaired) electrons. The smallest absolute Gasteiger partial charge is 0.0490 e. The van der Waals surface area contributed by atoms with Crippen molar-refractivity contribution in [2.45, 2.75) is 57.9 Å². The number of rotatable bonds is 5. The van der Waals surface area contributed by atoms with E-state index in [9.17, 15) is 0 Å².